The van der Waals surface area contributed by atoms with E-state index in [0.717, 1.165) is 5.69 Å². The van der Waals surface area contributed by atoms with Gasteiger partial charge in [0.2, 0.25) is 5.95 Å². The molecule has 2 aromatic rings. The molecule has 1 aromatic carbocycles. The lowest BCUT2D eigenvalue weighted by Gasteiger charge is -2.31. The highest BCUT2D eigenvalue weighted by Gasteiger charge is 2.37. The van der Waals surface area contributed by atoms with Crippen LogP contribution in [0.15, 0.2) is 29.1 Å². The second-order valence-corrected chi connectivity index (χ2v) is 9.20. The third-order valence-electron chi connectivity index (χ3n) is 5.65. The highest BCUT2D eigenvalue weighted by Crippen LogP contribution is 2.32. The second kappa shape index (κ2) is 11.3. The number of aromatic nitrogens is 2. The lowest BCUT2D eigenvalue weighted by molar-refractivity contribution is -0.140. The van der Waals surface area contributed by atoms with Gasteiger partial charge in [-0.2, -0.15) is 13.4 Å². The second-order valence-electron chi connectivity index (χ2n) is 8.31. The van der Waals surface area contributed by atoms with Crippen molar-refractivity contribution in [3.8, 4) is 0 Å². The van der Waals surface area contributed by atoms with Crippen molar-refractivity contribution in [2.75, 3.05) is 40.6 Å². The summed E-state index contributed by atoms with van der Waals surface area (Å²) in [7, 11) is -4.67. The SMILES string of the molecule is Nc1nc2c(c(=O)[nH]1)N1CN(c3ccc(C(=O)N[C@@H](CCC(=O)O)C(=O)O)cc3)C[C@@H]1CN2.O=S(=O)(O)O. The minimum Gasteiger partial charge on any atom is -0.481 e. The van der Waals surface area contributed by atoms with Crippen molar-refractivity contribution in [1.29, 1.82) is 0 Å². The van der Waals surface area contributed by atoms with Gasteiger partial charge in [0.1, 0.15) is 11.7 Å². The molecule has 0 saturated carbocycles. The van der Waals surface area contributed by atoms with Crippen molar-refractivity contribution in [3.05, 3.63) is 40.2 Å². The summed E-state index contributed by atoms with van der Waals surface area (Å²) in [6.07, 6.45) is -0.583. The van der Waals surface area contributed by atoms with E-state index in [1.807, 2.05) is 9.80 Å². The number of fused-ring (bicyclic) bond motifs is 3. The number of carbonyl (C=O) groups is 3. The van der Waals surface area contributed by atoms with E-state index in [1.165, 1.54) is 0 Å². The molecule has 1 aromatic heterocycles. The minimum absolute atomic E-state index is 0.0394. The third kappa shape index (κ3) is 7.31. The highest BCUT2D eigenvalue weighted by molar-refractivity contribution is 7.79. The molecule has 18 heteroatoms. The van der Waals surface area contributed by atoms with E-state index in [2.05, 4.69) is 20.6 Å². The Morgan fingerprint density at radius 2 is 1.82 bits per heavy atom. The Morgan fingerprint density at radius 3 is 2.39 bits per heavy atom. The summed E-state index contributed by atoms with van der Waals surface area (Å²) in [5, 5.41) is 23.4. The van der Waals surface area contributed by atoms with Crippen molar-refractivity contribution < 1.29 is 42.1 Å². The predicted molar refractivity (Wildman–Crippen MR) is 133 cm³/mol. The number of aliphatic carboxylic acids is 2. The van der Waals surface area contributed by atoms with Crippen LogP contribution >= 0.6 is 0 Å². The predicted octanol–water partition coefficient (Wildman–Crippen LogP) is -1.17. The van der Waals surface area contributed by atoms with Gasteiger partial charge in [0, 0.05) is 30.8 Å². The maximum Gasteiger partial charge on any atom is 0.394 e. The van der Waals surface area contributed by atoms with Crippen molar-refractivity contribution in [3.63, 3.8) is 0 Å². The molecule has 17 nitrogen and oxygen atoms in total. The summed E-state index contributed by atoms with van der Waals surface area (Å²) in [6, 6.07) is 5.35. The molecule has 0 aliphatic carbocycles. The maximum atomic E-state index is 12.4. The Kier molecular flexibility index (Phi) is 8.39. The van der Waals surface area contributed by atoms with Crippen molar-refractivity contribution in [2.45, 2.75) is 24.9 Å². The fourth-order valence-corrected chi connectivity index (χ4v) is 4.00. The van der Waals surface area contributed by atoms with Gasteiger partial charge in [-0.05, 0) is 30.7 Å². The number of rotatable bonds is 7. The lowest BCUT2D eigenvalue weighted by atomic mass is 10.1. The van der Waals surface area contributed by atoms with E-state index in [4.69, 9.17) is 28.4 Å². The molecule has 1 fully saturated rings. The van der Waals surface area contributed by atoms with Crippen LogP contribution in [-0.2, 0) is 20.0 Å². The summed E-state index contributed by atoms with van der Waals surface area (Å²) in [5.41, 5.74) is 6.81. The number of carboxylic acid groups (broad SMARTS) is 2. The number of benzene rings is 1. The first kappa shape index (κ1) is 28.2. The zero-order valence-corrected chi connectivity index (χ0v) is 20.4. The van der Waals surface area contributed by atoms with E-state index in [-0.39, 0.29) is 36.0 Å². The average molecular weight is 556 g/mol. The van der Waals surface area contributed by atoms with Gasteiger partial charge >= 0.3 is 22.3 Å². The normalized spacial score (nSPS) is 16.7. The number of hydrogen-bond acceptors (Lipinski definition) is 11. The van der Waals surface area contributed by atoms with E-state index in [1.54, 1.807) is 24.3 Å². The number of amides is 1. The molecule has 38 heavy (non-hydrogen) atoms. The molecule has 0 unspecified atom stereocenters. The van der Waals surface area contributed by atoms with Gasteiger partial charge < -0.3 is 36.4 Å². The van der Waals surface area contributed by atoms with Crippen molar-refractivity contribution in [1.82, 2.24) is 15.3 Å². The highest BCUT2D eigenvalue weighted by atomic mass is 32.3. The van der Waals surface area contributed by atoms with E-state index < -0.39 is 34.3 Å². The molecule has 4 rings (SSSR count). The molecule has 0 radical (unpaired) electrons. The van der Waals surface area contributed by atoms with Gasteiger partial charge in [0.25, 0.3) is 11.5 Å². The number of nitrogens with zero attached hydrogens (tertiary/aromatic N) is 3. The summed E-state index contributed by atoms with van der Waals surface area (Å²) in [5.74, 6) is -2.55. The molecule has 1 amide bonds. The van der Waals surface area contributed by atoms with Crippen molar-refractivity contribution >= 4 is 51.4 Å². The van der Waals surface area contributed by atoms with Crippen LogP contribution in [0.1, 0.15) is 23.2 Å². The zero-order valence-electron chi connectivity index (χ0n) is 19.6. The number of carbonyl (C=O) groups excluding carboxylic acids is 1. The minimum atomic E-state index is -4.67. The Hall–Kier alpha value is -4.42. The van der Waals surface area contributed by atoms with Crippen LogP contribution in [-0.4, -0.2) is 87.4 Å². The molecule has 0 spiro atoms. The quantitative estimate of drug-likeness (QED) is 0.187. The zero-order chi connectivity index (χ0) is 28.2. The number of carboxylic acids is 2. The Bertz CT molecular complexity index is 1370. The molecule has 9 N–H and O–H groups in total. The topological polar surface area (TPSA) is 269 Å². The smallest absolute Gasteiger partial charge is 0.394 e. The first-order valence-corrected chi connectivity index (χ1v) is 12.3. The molecular weight excluding hydrogens is 530 g/mol. The fraction of sp³-hybridized carbons (Fsp3) is 0.350. The van der Waals surface area contributed by atoms with Crippen LogP contribution < -0.4 is 31.7 Å². The molecule has 3 heterocycles. The number of nitrogens with one attached hydrogen (secondary N) is 3. The molecule has 2 atom stereocenters. The summed E-state index contributed by atoms with van der Waals surface area (Å²) in [4.78, 5) is 57.5. The number of nitrogens with two attached hydrogens (primary N) is 1. The third-order valence-corrected chi connectivity index (χ3v) is 5.65. The summed E-state index contributed by atoms with van der Waals surface area (Å²) >= 11 is 0. The molecule has 206 valence electrons. The van der Waals surface area contributed by atoms with Crippen LogP contribution in [0, 0.1) is 0 Å². The van der Waals surface area contributed by atoms with Crippen LogP contribution in [0.5, 0.6) is 0 Å². The average Bonchev–Trinajstić information content (AvgIpc) is 3.24. The van der Waals surface area contributed by atoms with Crippen LogP contribution in [0.4, 0.5) is 23.1 Å². The largest absolute Gasteiger partial charge is 0.481 e. The number of aromatic amines is 1. The molecule has 2 aliphatic rings. The number of anilines is 4. The van der Waals surface area contributed by atoms with Crippen LogP contribution in [0.2, 0.25) is 0 Å². The van der Waals surface area contributed by atoms with Gasteiger partial charge in [-0.3, -0.25) is 28.5 Å². The maximum absolute atomic E-state index is 12.4. The Morgan fingerprint density at radius 1 is 1.18 bits per heavy atom. The number of H-pyrrole nitrogens is 1. The van der Waals surface area contributed by atoms with E-state index in [9.17, 15) is 24.3 Å². The van der Waals surface area contributed by atoms with Gasteiger partial charge in [0.05, 0.1) is 12.7 Å². The first-order chi connectivity index (χ1) is 17.7. The molecular formula is C20H25N7O10S. The van der Waals surface area contributed by atoms with Crippen molar-refractivity contribution in [2.24, 2.45) is 0 Å². The van der Waals surface area contributed by atoms with E-state index >= 15 is 0 Å². The van der Waals surface area contributed by atoms with Gasteiger partial charge in [-0.15, -0.1) is 0 Å². The fourth-order valence-electron chi connectivity index (χ4n) is 4.00. The first-order valence-electron chi connectivity index (χ1n) is 10.9. The Balaban J connectivity index is 0.000000732. The van der Waals surface area contributed by atoms with Crippen LogP contribution in [0.3, 0.4) is 0 Å². The molecule has 2 aliphatic heterocycles. The monoisotopic (exact) mass is 555 g/mol. The summed E-state index contributed by atoms with van der Waals surface area (Å²) in [6.45, 7) is 1.67. The molecule has 0 bridgehead atoms. The van der Waals surface area contributed by atoms with Gasteiger partial charge in [-0.1, -0.05) is 0 Å². The molecule has 1 saturated heterocycles. The number of nitrogen functional groups attached to an aromatic ring is 1. The van der Waals surface area contributed by atoms with E-state index in [0.29, 0.717) is 31.3 Å². The summed E-state index contributed by atoms with van der Waals surface area (Å²) < 4.78 is 31.6. The standard InChI is InChI=1S/C20H23N7O6.H2O4S/c21-20-24-16-15(18(31)25-20)27-9-26(8-12(27)7-22-16)11-3-1-10(2-4-11)17(30)23-13(19(32)33)5-6-14(28)29;1-5(2,3)4/h1-4,12-13H,5-9H2,(H,23,30)(H,28,29)(H,32,33)(H4,21,22,24,25,31);(H2,1,2,3,4)/t12-,13-;/m0./s1. The Labute approximate surface area is 214 Å². The lowest BCUT2D eigenvalue weighted by Crippen LogP contribution is -2.44. The van der Waals surface area contributed by atoms with Gasteiger partial charge in [0.15, 0.2) is 5.82 Å². The van der Waals surface area contributed by atoms with Gasteiger partial charge in [-0.25, -0.2) is 4.79 Å². The number of hydrogen-bond donors (Lipinski definition) is 8. The van der Waals surface area contributed by atoms with Crippen LogP contribution in [0.25, 0.3) is 0 Å².